The summed E-state index contributed by atoms with van der Waals surface area (Å²) in [5.41, 5.74) is 12.9. The highest BCUT2D eigenvalue weighted by atomic mass is 32.2. The maximum absolute atomic E-state index is 10.9. The van der Waals surface area contributed by atoms with Crippen molar-refractivity contribution in [2.24, 2.45) is 11.5 Å². The highest BCUT2D eigenvalue weighted by Crippen LogP contribution is 2.21. The van der Waals surface area contributed by atoms with Gasteiger partial charge in [-0.1, -0.05) is 29.8 Å². The van der Waals surface area contributed by atoms with E-state index in [1.165, 1.54) is 5.56 Å². The number of imidazole rings is 1. The molecule has 0 bridgehead atoms. The molecule has 0 fully saturated rings. The molecule has 0 unspecified atom stereocenters. The number of carbonyl (C=O) groups is 1. The molecule has 0 spiro atoms. The number of hydrogen-bond donors (Lipinski definition) is 6. The molecule has 0 atom stereocenters. The summed E-state index contributed by atoms with van der Waals surface area (Å²) in [4.78, 5) is 18.5. The standard InChI is InChI=1S/C15H12N2O2.CH5N3.CH4O3S/c1-9-2-4-10(5-3-9)14-16-12-7-6-11(15(18)19)8-13(12)17-14;2-1(3)4;1-5(2,3)4/h2-8H,1H3,(H,16,17)(H,18,19);(H5,2,3,4);1H3,(H,2,3,4). The summed E-state index contributed by atoms with van der Waals surface area (Å²) < 4.78 is 25.9. The zero-order valence-corrected chi connectivity index (χ0v) is 16.0. The number of hydrogen-bond acceptors (Lipinski definition) is 5. The van der Waals surface area contributed by atoms with Crippen molar-refractivity contribution in [1.82, 2.24) is 9.97 Å². The van der Waals surface area contributed by atoms with E-state index in [0.29, 0.717) is 6.26 Å². The fourth-order valence-electron chi connectivity index (χ4n) is 1.99. The fourth-order valence-corrected chi connectivity index (χ4v) is 1.99. The molecule has 0 amide bonds. The van der Waals surface area contributed by atoms with Crippen molar-refractivity contribution in [1.29, 1.82) is 5.41 Å². The third-order valence-electron chi connectivity index (χ3n) is 3.05. The van der Waals surface area contributed by atoms with Crippen molar-refractivity contribution in [3.63, 3.8) is 0 Å². The molecule has 11 heteroatoms. The van der Waals surface area contributed by atoms with Crippen molar-refractivity contribution < 1.29 is 22.9 Å². The molecule has 0 radical (unpaired) electrons. The quantitative estimate of drug-likeness (QED) is 0.209. The van der Waals surface area contributed by atoms with E-state index in [2.05, 4.69) is 21.4 Å². The van der Waals surface area contributed by atoms with E-state index in [4.69, 9.17) is 15.1 Å². The zero-order chi connectivity index (χ0) is 21.5. The molecule has 3 aromatic rings. The molecular formula is C17H21N5O5S. The number of benzene rings is 2. The van der Waals surface area contributed by atoms with Crippen LogP contribution in [0.4, 0.5) is 0 Å². The molecule has 8 N–H and O–H groups in total. The molecule has 0 saturated carbocycles. The van der Waals surface area contributed by atoms with Crippen LogP contribution in [0, 0.1) is 12.3 Å². The fraction of sp³-hybridized carbons (Fsp3) is 0.118. The van der Waals surface area contributed by atoms with E-state index in [1.54, 1.807) is 18.2 Å². The lowest BCUT2D eigenvalue weighted by Crippen LogP contribution is -2.20. The Kier molecular flexibility index (Phi) is 7.65. The lowest BCUT2D eigenvalue weighted by molar-refractivity contribution is 0.0697. The summed E-state index contributed by atoms with van der Waals surface area (Å²) in [5.74, 6) is -0.522. The molecule has 28 heavy (non-hydrogen) atoms. The lowest BCUT2D eigenvalue weighted by atomic mass is 10.1. The summed E-state index contributed by atoms with van der Waals surface area (Å²) in [6.45, 7) is 2.03. The number of guanidine groups is 1. The number of aromatic nitrogens is 2. The molecule has 0 aliphatic heterocycles. The Morgan fingerprint density at radius 3 is 2.11 bits per heavy atom. The van der Waals surface area contributed by atoms with Gasteiger partial charge in [0, 0.05) is 5.56 Å². The Hall–Kier alpha value is -3.44. The first-order chi connectivity index (χ1) is 12.9. The molecule has 10 nitrogen and oxygen atoms in total. The van der Waals surface area contributed by atoms with Gasteiger partial charge in [-0.3, -0.25) is 9.96 Å². The number of aryl methyl sites for hydroxylation is 1. The Balaban J connectivity index is 0.000000369. The number of aromatic amines is 1. The second-order valence-corrected chi connectivity index (χ2v) is 7.14. The number of carboxylic acid groups (broad SMARTS) is 1. The number of fused-ring (bicyclic) bond motifs is 1. The third kappa shape index (κ3) is 8.29. The van der Waals surface area contributed by atoms with Crippen LogP contribution in [0.2, 0.25) is 0 Å². The molecule has 1 aromatic heterocycles. The summed E-state index contributed by atoms with van der Waals surface area (Å²) >= 11 is 0. The summed E-state index contributed by atoms with van der Waals surface area (Å²) in [6.07, 6.45) is 0.715. The van der Waals surface area contributed by atoms with Gasteiger partial charge in [0.25, 0.3) is 10.1 Å². The lowest BCUT2D eigenvalue weighted by Gasteiger charge is -1.96. The molecule has 2 aromatic carbocycles. The van der Waals surface area contributed by atoms with Crippen LogP contribution in [-0.2, 0) is 10.1 Å². The number of H-pyrrole nitrogens is 1. The van der Waals surface area contributed by atoms with Gasteiger partial charge in [-0.15, -0.1) is 0 Å². The Morgan fingerprint density at radius 2 is 1.64 bits per heavy atom. The van der Waals surface area contributed by atoms with Gasteiger partial charge in [-0.2, -0.15) is 8.42 Å². The van der Waals surface area contributed by atoms with E-state index in [1.807, 2.05) is 31.2 Å². The van der Waals surface area contributed by atoms with Crippen molar-refractivity contribution in [3.05, 3.63) is 53.6 Å². The van der Waals surface area contributed by atoms with Gasteiger partial charge < -0.3 is 21.6 Å². The maximum Gasteiger partial charge on any atom is 0.335 e. The zero-order valence-electron chi connectivity index (χ0n) is 15.2. The summed E-state index contributed by atoms with van der Waals surface area (Å²) in [7, 11) is -3.67. The maximum atomic E-state index is 10.9. The summed E-state index contributed by atoms with van der Waals surface area (Å²) in [6, 6.07) is 12.9. The van der Waals surface area contributed by atoms with E-state index in [9.17, 15) is 13.2 Å². The molecule has 1 heterocycles. The van der Waals surface area contributed by atoms with E-state index < -0.39 is 16.1 Å². The number of carboxylic acids is 1. The third-order valence-corrected chi connectivity index (χ3v) is 3.05. The van der Waals surface area contributed by atoms with Gasteiger partial charge in [-0.25, -0.2) is 9.78 Å². The minimum atomic E-state index is -3.67. The Bertz CT molecular complexity index is 1060. The van der Waals surface area contributed by atoms with Crippen LogP contribution in [0.3, 0.4) is 0 Å². The van der Waals surface area contributed by atoms with Gasteiger partial charge in [0.05, 0.1) is 22.9 Å². The van der Waals surface area contributed by atoms with Crippen LogP contribution in [0.25, 0.3) is 22.4 Å². The SMILES string of the molecule is CS(=O)(=O)O.Cc1ccc(-c2nc3ccc(C(=O)O)cc3[nH]2)cc1.N=C(N)N. The smallest absolute Gasteiger partial charge is 0.335 e. The van der Waals surface area contributed by atoms with Crippen LogP contribution in [0.15, 0.2) is 42.5 Å². The number of nitrogens with one attached hydrogen (secondary N) is 2. The number of nitrogens with two attached hydrogens (primary N) is 2. The minimum absolute atomic E-state index is 0.256. The molecule has 3 rings (SSSR count). The monoisotopic (exact) mass is 407 g/mol. The second-order valence-electron chi connectivity index (χ2n) is 5.68. The second kappa shape index (κ2) is 9.48. The topological polar surface area (TPSA) is 196 Å². The van der Waals surface area contributed by atoms with E-state index in [-0.39, 0.29) is 11.5 Å². The Labute approximate surface area is 161 Å². The predicted molar refractivity (Wildman–Crippen MR) is 107 cm³/mol. The van der Waals surface area contributed by atoms with Crippen LogP contribution in [-0.4, -0.2) is 46.2 Å². The molecule has 0 aliphatic rings. The van der Waals surface area contributed by atoms with Crippen LogP contribution >= 0.6 is 0 Å². The highest BCUT2D eigenvalue weighted by Gasteiger charge is 2.08. The normalized spacial score (nSPS) is 10.2. The molecule has 0 aliphatic carbocycles. The average molecular weight is 407 g/mol. The minimum Gasteiger partial charge on any atom is -0.478 e. The number of nitrogens with zero attached hydrogens (tertiary/aromatic N) is 1. The number of rotatable bonds is 2. The molecule has 0 saturated heterocycles. The Morgan fingerprint density at radius 1 is 1.14 bits per heavy atom. The average Bonchev–Trinajstić information content (AvgIpc) is 2.96. The van der Waals surface area contributed by atoms with E-state index >= 15 is 0 Å². The van der Waals surface area contributed by atoms with Crippen molar-refractivity contribution in [3.8, 4) is 11.4 Å². The van der Waals surface area contributed by atoms with Gasteiger partial charge in [0.15, 0.2) is 5.96 Å². The van der Waals surface area contributed by atoms with Crippen molar-refractivity contribution in [2.75, 3.05) is 6.26 Å². The van der Waals surface area contributed by atoms with E-state index in [0.717, 1.165) is 22.4 Å². The first kappa shape index (κ1) is 22.6. The highest BCUT2D eigenvalue weighted by molar-refractivity contribution is 7.85. The van der Waals surface area contributed by atoms with Crippen LogP contribution < -0.4 is 11.5 Å². The van der Waals surface area contributed by atoms with Gasteiger partial charge in [0.2, 0.25) is 0 Å². The van der Waals surface area contributed by atoms with Crippen LogP contribution in [0.1, 0.15) is 15.9 Å². The number of aromatic carboxylic acids is 1. The van der Waals surface area contributed by atoms with Crippen molar-refractivity contribution in [2.45, 2.75) is 6.92 Å². The molecular weight excluding hydrogens is 386 g/mol. The van der Waals surface area contributed by atoms with Crippen LogP contribution in [0.5, 0.6) is 0 Å². The predicted octanol–water partition coefficient (Wildman–Crippen LogP) is 1.58. The first-order valence-corrected chi connectivity index (χ1v) is 9.53. The van der Waals surface area contributed by atoms with Crippen molar-refractivity contribution >= 4 is 33.1 Å². The first-order valence-electron chi connectivity index (χ1n) is 7.69. The summed E-state index contributed by atoms with van der Waals surface area (Å²) in [5, 5.41) is 15.0. The van der Waals surface area contributed by atoms with Gasteiger partial charge in [-0.05, 0) is 25.1 Å². The molecule has 150 valence electrons. The van der Waals surface area contributed by atoms with Gasteiger partial charge in [0.1, 0.15) is 5.82 Å². The van der Waals surface area contributed by atoms with Gasteiger partial charge >= 0.3 is 5.97 Å². The largest absolute Gasteiger partial charge is 0.478 e.